The maximum absolute atomic E-state index is 12.2. The average molecular weight is 371 g/mol. The maximum atomic E-state index is 12.2. The van der Waals surface area contributed by atoms with E-state index >= 15 is 0 Å². The predicted octanol–water partition coefficient (Wildman–Crippen LogP) is 4.32. The lowest BCUT2D eigenvalue weighted by Gasteiger charge is -2.33. The highest BCUT2D eigenvalue weighted by Crippen LogP contribution is 2.30. The number of hydrogen-bond donors (Lipinski definition) is 1. The summed E-state index contributed by atoms with van der Waals surface area (Å²) in [6, 6.07) is 10.8. The van der Waals surface area contributed by atoms with Gasteiger partial charge in [-0.15, -0.1) is 0 Å². The highest BCUT2D eigenvalue weighted by Gasteiger charge is 2.28. The number of carboxylic acid groups (broad SMARTS) is 1. The van der Waals surface area contributed by atoms with Crippen molar-refractivity contribution in [2.24, 2.45) is 0 Å². The summed E-state index contributed by atoms with van der Waals surface area (Å²) in [5.41, 5.74) is -0.310. The van der Waals surface area contributed by atoms with Crippen molar-refractivity contribution >= 4 is 22.8 Å². The summed E-state index contributed by atoms with van der Waals surface area (Å²) >= 11 is 0. The van der Waals surface area contributed by atoms with Crippen molar-refractivity contribution in [3.8, 4) is 5.75 Å². The number of fused-ring (bicyclic) bond motifs is 1. The first-order chi connectivity index (χ1) is 12.7. The number of rotatable bonds is 3. The van der Waals surface area contributed by atoms with Crippen molar-refractivity contribution in [2.75, 3.05) is 13.1 Å². The minimum absolute atomic E-state index is 0.0730. The third-order valence-corrected chi connectivity index (χ3v) is 4.46. The van der Waals surface area contributed by atoms with Gasteiger partial charge in [-0.25, -0.2) is 9.59 Å². The topological polar surface area (TPSA) is 76.1 Å². The molecular formula is C21H25NO5. The molecule has 0 saturated carbocycles. The number of hydrogen-bond acceptors (Lipinski definition) is 4. The van der Waals surface area contributed by atoms with Gasteiger partial charge in [0.2, 0.25) is 0 Å². The molecule has 3 rings (SSSR count). The van der Waals surface area contributed by atoms with Gasteiger partial charge in [-0.2, -0.15) is 0 Å². The zero-order valence-corrected chi connectivity index (χ0v) is 15.9. The first-order valence-electron chi connectivity index (χ1n) is 9.13. The second-order valence-corrected chi connectivity index (χ2v) is 7.79. The number of amides is 1. The second kappa shape index (κ2) is 7.47. The van der Waals surface area contributed by atoms with Gasteiger partial charge in [0, 0.05) is 31.3 Å². The molecule has 6 nitrogen and oxygen atoms in total. The van der Waals surface area contributed by atoms with Crippen LogP contribution in [0.4, 0.5) is 4.79 Å². The average Bonchev–Trinajstić information content (AvgIpc) is 2.60. The van der Waals surface area contributed by atoms with Crippen molar-refractivity contribution in [3.05, 3.63) is 42.0 Å². The number of carbonyl (C=O) groups is 2. The summed E-state index contributed by atoms with van der Waals surface area (Å²) in [6.07, 6.45) is 0.964. The lowest BCUT2D eigenvalue weighted by Crippen LogP contribution is -2.44. The van der Waals surface area contributed by atoms with Crippen LogP contribution in [0.25, 0.3) is 10.8 Å². The summed E-state index contributed by atoms with van der Waals surface area (Å²) < 4.78 is 11.6. The van der Waals surface area contributed by atoms with Crippen LogP contribution in [0.1, 0.15) is 44.0 Å². The molecule has 1 fully saturated rings. The number of carbonyl (C=O) groups excluding carboxylic acids is 1. The Morgan fingerprint density at radius 2 is 1.78 bits per heavy atom. The monoisotopic (exact) mass is 371 g/mol. The molecule has 6 heteroatoms. The Labute approximate surface area is 158 Å². The van der Waals surface area contributed by atoms with Crippen LogP contribution in [0.3, 0.4) is 0 Å². The largest absolute Gasteiger partial charge is 0.490 e. The number of carboxylic acids is 1. The van der Waals surface area contributed by atoms with Gasteiger partial charge in [0.25, 0.3) is 0 Å². The molecule has 2 aromatic carbocycles. The molecule has 1 saturated heterocycles. The number of aromatic carboxylic acids is 1. The van der Waals surface area contributed by atoms with Gasteiger partial charge in [-0.05, 0) is 38.3 Å². The molecule has 1 aliphatic heterocycles. The van der Waals surface area contributed by atoms with E-state index in [1.54, 1.807) is 17.0 Å². The fourth-order valence-electron chi connectivity index (χ4n) is 3.16. The molecular weight excluding hydrogens is 346 g/mol. The lowest BCUT2D eigenvalue weighted by molar-refractivity contribution is 0.0127. The number of benzene rings is 2. The van der Waals surface area contributed by atoms with Crippen LogP contribution in [-0.4, -0.2) is 46.9 Å². The number of ether oxygens (including phenoxy) is 2. The zero-order valence-electron chi connectivity index (χ0n) is 15.9. The van der Waals surface area contributed by atoms with Gasteiger partial charge in [-0.1, -0.05) is 24.3 Å². The maximum Gasteiger partial charge on any atom is 0.410 e. The van der Waals surface area contributed by atoms with Gasteiger partial charge in [0.1, 0.15) is 17.5 Å². The molecule has 1 amide bonds. The molecule has 0 aromatic heterocycles. The van der Waals surface area contributed by atoms with E-state index in [4.69, 9.17) is 9.47 Å². The van der Waals surface area contributed by atoms with Gasteiger partial charge < -0.3 is 19.5 Å². The Kier molecular flexibility index (Phi) is 5.26. The zero-order chi connectivity index (χ0) is 19.6. The van der Waals surface area contributed by atoms with Crippen LogP contribution in [0.5, 0.6) is 5.75 Å². The van der Waals surface area contributed by atoms with Crippen LogP contribution in [0.15, 0.2) is 36.4 Å². The van der Waals surface area contributed by atoms with Gasteiger partial charge >= 0.3 is 12.1 Å². The van der Waals surface area contributed by atoms with Gasteiger partial charge in [-0.3, -0.25) is 0 Å². The Morgan fingerprint density at radius 1 is 1.11 bits per heavy atom. The molecule has 144 valence electrons. The summed E-state index contributed by atoms with van der Waals surface area (Å²) in [5.74, 6) is -0.411. The minimum Gasteiger partial charge on any atom is -0.490 e. The van der Waals surface area contributed by atoms with E-state index in [-0.39, 0.29) is 17.8 Å². The smallest absolute Gasteiger partial charge is 0.410 e. The lowest BCUT2D eigenvalue weighted by atomic mass is 10.0. The Hall–Kier alpha value is -2.76. The Bertz CT molecular complexity index is 847. The van der Waals surface area contributed by atoms with Gasteiger partial charge in [0.15, 0.2) is 0 Å². The molecule has 0 bridgehead atoms. The summed E-state index contributed by atoms with van der Waals surface area (Å²) in [6.45, 7) is 6.65. The van der Waals surface area contributed by atoms with Crippen LogP contribution in [-0.2, 0) is 4.74 Å². The second-order valence-electron chi connectivity index (χ2n) is 7.79. The number of likely N-dealkylation sites (tertiary alicyclic amines) is 1. The van der Waals surface area contributed by atoms with E-state index in [0.717, 1.165) is 10.8 Å². The summed E-state index contributed by atoms with van der Waals surface area (Å²) in [7, 11) is 0. The molecule has 1 N–H and O–H groups in total. The van der Waals surface area contributed by atoms with Crippen molar-refractivity contribution < 1.29 is 24.2 Å². The fourth-order valence-corrected chi connectivity index (χ4v) is 3.16. The van der Waals surface area contributed by atoms with Crippen molar-refractivity contribution in [1.82, 2.24) is 4.90 Å². The van der Waals surface area contributed by atoms with Crippen molar-refractivity contribution in [3.63, 3.8) is 0 Å². The quantitative estimate of drug-likeness (QED) is 0.870. The van der Waals surface area contributed by atoms with Crippen LogP contribution in [0, 0.1) is 0 Å². The third-order valence-electron chi connectivity index (χ3n) is 4.46. The third kappa shape index (κ3) is 4.70. The highest BCUT2D eigenvalue weighted by molar-refractivity contribution is 5.97. The molecule has 0 unspecified atom stereocenters. The van der Waals surface area contributed by atoms with Crippen molar-refractivity contribution in [1.29, 1.82) is 0 Å². The molecule has 0 radical (unpaired) electrons. The van der Waals surface area contributed by atoms with Crippen LogP contribution in [0.2, 0.25) is 0 Å². The SMILES string of the molecule is CC(C)(C)OC(=O)N1CCC(Oc2cc(C(=O)O)cc3ccccc23)CC1. The highest BCUT2D eigenvalue weighted by atomic mass is 16.6. The first-order valence-corrected chi connectivity index (χ1v) is 9.13. The number of nitrogens with zero attached hydrogens (tertiary/aromatic N) is 1. The first kappa shape index (κ1) is 19.0. The van der Waals surface area contributed by atoms with E-state index in [0.29, 0.717) is 31.7 Å². The van der Waals surface area contributed by atoms with E-state index in [2.05, 4.69) is 0 Å². The normalized spacial score (nSPS) is 15.6. The predicted molar refractivity (Wildman–Crippen MR) is 102 cm³/mol. The molecule has 27 heavy (non-hydrogen) atoms. The molecule has 0 spiro atoms. The van der Waals surface area contributed by atoms with Crippen LogP contribution >= 0.6 is 0 Å². The molecule has 1 heterocycles. The summed E-state index contributed by atoms with van der Waals surface area (Å²) in [5, 5.41) is 11.1. The van der Waals surface area contributed by atoms with Gasteiger partial charge in [0.05, 0.1) is 5.56 Å². The Balaban J connectivity index is 1.70. The number of piperidine rings is 1. The molecule has 0 atom stereocenters. The fraction of sp³-hybridized carbons (Fsp3) is 0.429. The molecule has 1 aliphatic rings. The molecule has 0 aliphatic carbocycles. The summed E-state index contributed by atoms with van der Waals surface area (Å²) in [4.78, 5) is 25.3. The van der Waals surface area contributed by atoms with E-state index in [9.17, 15) is 14.7 Å². The van der Waals surface area contributed by atoms with Crippen LogP contribution < -0.4 is 4.74 Å². The van der Waals surface area contributed by atoms with E-state index in [1.807, 2.05) is 45.0 Å². The van der Waals surface area contributed by atoms with E-state index in [1.165, 1.54) is 0 Å². The van der Waals surface area contributed by atoms with Crippen molar-refractivity contribution in [2.45, 2.75) is 45.3 Å². The standard InChI is InChI=1S/C21H25NO5/c1-21(2,3)27-20(25)22-10-8-16(9-11-22)26-18-13-15(19(23)24)12-14-6-4-5-7-17(14)18/h4-7,12-13,16H,8-11H2,1-3H3,(H,23,24). The molecule has 2 aromatic rings. The minimum atomic E-state index is -0.981. The Morgan fingerprint density at radius 3 is 2.41 bits per heavy atom. The van der Waals surface area contributed by atoms with E-state index < -0.39 is 11.6 Å².